The Bertz CT molecular complexity index is 963. The van der Waals surface area contributed by atoms with Gasteiger partial charge < -0.3 is 9.88 Å². The molecule has 1 aliphatic heterocycles. The quantitative estimate of drug-likeness (QED) is 0.722. The summed E-state index contributed by atoms with van der Waals surface area (Å²) in [7, 11) is -1.21. The third-order valence-electron chi connectivity index (χ3n) is 4.26. The molecule has 0 unspecified atom stereocenters. The molecule has 146 valence electrons. The van der Waals surface area contributed by atoms with Crippen LogP contribution in [0.15, 0.2) is 23.4 Å². The maximum Gasteiger partial charge on any atom is 0.234 e. The average molecular weight is 416 g/mol. The number of rotatable bonds is 6. The summed E-state index contributed by atoms with van der Waals surface area (Å²) in [5.74, 6) is -0.895. The number of sulfone groups is 1. The van der Waals surface area contributed by atoms with Gasteiger partial charge in [-0.25, -0.2) is 17.2 Å². The molecular weight excluding hydrogens is 398 g/mol. The highest BCUT2D eigenvalue weighted by Crippen LogP contribution is 2.24. The van der Waals surface area contributed by atoms with E-state index < -0.39 is 27.4 Å². The molecule has 1 saturated heterocycles. The molecular formula is C16H18F2N4O3S2. The van der Waals surface area contributed by atoms with Crippen molar-refractivity contribution < 1.29 is 22.0 Å². The van der Waals surface area contributed by atoms with Crippen LogP contribution in [0.3, 0.4) is 0 Å². The lowest BCUT2D eigenvalue weighted by atomic mass is 10.1. The lowest BCUT2D eigenvalue weighted by Crippen LogP contribution is -2.16. The van der Waals surface area contributed by atoms with E-state index >= 15 is 0 Å². The Balaban J connectivity index is 1.56. The smallest absolute Gasteiger partial charge is 0.234 e. The Morgan fingerprint density at radius 3 is 2.85 bits per heavy atom. The minimum Gasteiger partial charge on any atom is -0.323 e. The molecule has 3 rings (SSSR count). The zero-order valence-corrected chi connectivity index (χ0v) is 16.1. The fourth-order valence-corrected chi connectivity index (χ4v) is 5.44. The van der Waals surface area contributed by atoms with Gasteiger partial charge in [0.2, 0.25) is 5.91 Å². The molecule has 2 heterocycles. The van der Waals surface area contributed by atoms with E-state index in [4.69, 9.17) is 0 Å². The lowest BCUT2D eigenvalue weighted by Gasteiger charge is -2.08. The molecule has 0 saturated carbocycles. The van der Waals surface area contributed by atoms with Crippen molar-refractivity contribution in [3.63, 3.8) is 0 Å². The fraction of sp³-hybridized carbons (Fsp3) is 0.438. The number of aromatic nitrogens is 3. The lowest BCUT2D eigenvalue weighted by molar-refractivity contribution is -0.113. The van der Waals surface area contributed by atoms with Crippen LogP contribution < -0.4 is 5.32 Å². The molecule has 1 N–H and O–H groups in total. The maximum absolute atomic E-state index is 13.6. The summed E-state index contributed by atoms with van der Waals surface area (Å²) < 4.78 is 51.5. The highest BCUT2D eigenvalue weighted by atomic mass is 32.2. The van der Waals surface area contributed by atoms with Gasteiger partial charge in [0.1, 0.15) is 17.5 Å². The molecule has 1 aromatic carbocycles. The topological polar surface area (TPSA) is 93.9 Å². The van der Waals surface area contributed by atoms with Gasteiger partial charge >= 0.3 is 0 Å². The molecule has 1 aromatic heterocycles. The molecule has 1 atom stereocenters. The fourth-order valence-electron chi connectivity index (χ4n) is 2.85. The van der Waals surface area contributed by atoms with Gasteiger partial charge in [-0.1, -0.05) is 11.8 Å². The van der Waals surface area contributed by atoms with Crippen LogP contribution >= 0.6 is 11.8 Å². The first-order valence-corrected chi connectivity index (χ1v) is 11.0. The van der Waals surface area contributed by atoms with Crippen LogP contribution in [-0.4, -0.2) is 46.3 Å². The van der Waals surface area contributed by atoms with Gasteiger partial charge in [0.05, 0.1) is 22.9 Å². The minimum absolute atomic E-state index is 0.0231. The van der Waals surface area contributed by atoms with E-state index in [1.165, 1.54) is 0 Å². The summed E-state index contributed by atoms with van der Waals surface area (Å²) in [5.41, 5.74) is -0.221. The predicted molar refractivity (Wildman–Crippen MR) is 97.2 cm³/mol. The van der Waals surface area contributed by atoms with Crippen molar-refractivity contribution >= 4 is 33.2 Å². The van der Waals surface area contributed by atoms with Crippen molar-refractivity contribution in [1.82, 2.24) is 14.8 Å². The number of halogens is 2. The van der Waals surface area contributed by atoms with E-state index in [9.17, 15) is 22.0 Å². The van der Waals surface area contributed by atoms with Crippen LogP contribution in [0.1, 0.15) is 12.2 Å². The summed E-state index contributed by atoms with van der Waals surface area (Å²) in [6.07, 6.45) is 1.11. The van der Waals surface area contributed by atoms with Gasteiger partial charge in [-0.15, -0.1) is 10.2 Å². The van der Waals surface area contributed by atoms with Crippen LogP contribution in [0.5, 0.6) is 0 Å². The van der Waals surface area contributed by atoms with E-state index in [-0.39, 0.29) is 28.9 Å². The van der Waals surface area contributed by atoms with Crippen molar-refractivity contribution in [2.45, 2.75) is 18.0 Å². The van der Waals surface area contributed by atoms with E-state index in [0.29, 0.717) is 23.8 Å². The Kier molecular flexibility index (Phi) is 5.80. The normalized spacial score (nSPS) is 18.6. The number of anilines is 1. The second kappa shape index (κ2) is 7.93. The summed E-state index contributed by atoms with van der Waals surface area (Å²) in [6.45, 7) is 0. The number of carbonyl (C=O) groups is 1. The first-order chi connectivity index (χ1) is 12.7. The van der Waals surface area contributed by atoms with Crippen LogP contribution in [0, 0.1) is 17.6 Å². The van der Waals surface area contributed by atoms with Gasteiger partial charge in [-0.2, -0.15) is 0 Å². The van der Waals surface area contributed by atoms with E-state index in [2.05, 4.69) is 15.5 Å². The summed E-state index contributed by atoms with van der Waals surface area (Å²) in [5, 5.41) is 10.9. The molecule has 1 fully saturated rings. The van der Waals surface area contributed by atoms with Gasteiger partial charge in [0.15, 0.2) is 15.0 Å². The molecule has 27 heavy (non-hydrogen) atoms. The van der Waals surface area contributed by atoms with Crippen molar-refractivity contribution in [2.24, 2.45) is 13.0 Å². The first-order valence-electron chi connectivity index (χ1n) is 8.20. The average Bonchev–Trinajstić information content (AvgIpc) is 3.12. The summed E-state index contributed by atoms with van der Waals surface area (Å²) in [6, 6.07) is 2.82. The molecule has 7 nitrogen and oxygen atoms in total. The maximum atomic E-state index is 13.6. The Morgan fingerprint density at radius 1 is 1.37 bits per heavy atom. The molecule has 0 spiro atoms. The van der Waals surface area contributed by atoms with Crippen LogP contribution in [0.2, 0.25) is 0 Å². The number of carbonyl (C=O) groups excluding carboxylic acids is 1. The third-order valence-corrected chi connectivity index (χ3v) is 7.12. The highest BCUT2D eigenvalue weighted by molar-refractivity contribution is 7.99. The molecule has 0 aliphatic carbocycles. The van der Waals surface area contributed by atoms with E-state index in [1.54, 1.807) is 11.6 Å². The van der Waals surface area contributed by atoms with Crippen molar-refractivity contribution in [3.8, 4) is 0 Å². The van der Waals surface area contributed by atoms with Crippen molar-refractivity contribution in [2.75, 3.05) is 22.6 Å². The molecule has 1 amide bonds. The number of thioether (sulfide) groups is 1. The number of hydrogen-bond acceptors (Lipinski definition) is 6. The number of amides is 1. The Labute approximate surface area is 159 Å². The summed E-state index contributed by atoms with van der Waals surface area (Å²) in [4.78, 5) is 12.0. The van der Waals surface area contributed by atoms with Crippen molar-refractivity contribution in [3.05, 3.63) is 35.7 Å². The largest absolute Gasteiger partial charge is 0.323 e. The molecule has 11 heteroatoms. The van der Waals surface area contributed by atoms with Gasteiger partial charge in [0, 0.05) is 19.5 Å². The van der Waals surface area contributed by atoms with Crippen LogP contribution in [-0.2, 0) is 28.1 Å². The second-order valence-corrected chi connectivity index (χ2v) is 9.56. The summed E-state index contributed by atoms with van der Waals surface area (Å²) >= 11 is 1.11. The van der Waals surface area contributed by atoms with Crippen LogP contribution in [0.4, 0.5) is 14.5 Å². The van der Waals surface area contributed by atoms with E-state index in [1.807, 2.05) is 0 Å². The zero-order valence-electron chi connectivity index (χ0n) is 14.5. The number of benzene rings is 1. The van der Waals surface area contributed by atoms with Gasteiger partial charge in [0.25, 0.3) is 0 Å². The van der Waals surface area contributed by atoms with Crippen molar-refractivity contribution in [1.29, 1.82) is 0 Å². The second-order valence-electron chi connectivity index (χ2n) is 6.39. The minimum atomic E-state index is -2.95. The Morgan fingerprint density at radius 2 is 2.15 bits per heavy atom. The standard InChI is InChI=1S/C16H18F2N4O3S2/c1-22-14(6-10-4-5-27(24,25)9-10)20-21-16(22)26-8-15(23)19-13-7-11(17)2-3-12(13)18/h2-3,7,10H,4-6,8-9H2,1H3,(H,19,23)/t10-/m1/s1. The van der Waals surface area contributed by atoms with Gasteiger partial charge in [-0.05, 0) is 24.5 Å². The van der Waals surface area contributed by atoms with Crippen LogP contribution in [0.25, 0.3) is 0 Å². The SMILES string of the molecule is Cn1c(C[C@H]2CCS(=O)(=O)C2)nnc1SCC(=O)Nc1cc(F)ccc1F. The third kappa shape index (κ3) is 5.04. The molecule has 0 bridgehead atoms. The predicted octanol–water partition coefficient (Wildman–Crippen LogP) is 1.80. The number of hydrogen-bond donors (Lipinski definition) is 1. The molecule has 2 aromatic rings. The Hall–Kier alpha value is -2.01. The number of nitrogens with one attached hydrogen (secondary N) is 1. The number of nitrogens with zero attached hydrogens (tertiary/aromatic N) is 3. The monoisotopic (exact) mass is 416 g/mol. The van der Waals surface area contributed by atoms with Gasteiger partial charge in [-0.3, -0.25) is 4.79 Å². The molecule has 1 aliphatic rings. The molecule has 0 radical (unpaired) electrons. The zero-order chi connectivity index (χ0) is 19.6. The first kappa shape index (κ1) is 19.7. The van der Waals surface area contributed by atoms with E-state index in [0.717, 1.165) is 30.0 Å². The highest BCUT2D eigenvalue weighted by Gasteiger charge is 2.29.